The Hall–Kier alpha value is -1.33. The first-order chi connectivity index (χ1) is 9.58. The molecule has 0 unspecified atom stereocenters. The van der Waals surface area contributed by atoms with E-state index in [-0.39, 0.29) is 0 Å². The lowest BCUT2D eigenvalue weighted by molar-refractivity contribution is 1.33. The maximum absolute atomic E-state index is 6.32. The molecule has 1 heterocycles. The van der Waals surface area contributed by atoms with Crippen LogP contribution in [0, 0.1) is 10.5 Å². The van der Waals surface area contributed by atoms with E-state index < -0.39 is 0 Å². The van der Waals surface area contributed by atoms with E-state index in [0.717, 1.165) is 37.0 Å². The fraction of sp³-hybridized carbons (Fsp3) is 0.0625. The van der Waals surface area contributed by atoms with E-state index in [9.17, 15) is 0 Å². The van der Waals surface area contributed by atoms with Gasteiger partial charge in [0.2, 0.25) is 0 Å². The van der Waals surface area contributed by atoms with Crippen LogP contribution in [0.25, 0.3) is 22.2 Å². The van der Waals surface area contributed by atoms with Crippen molar-refractivity contribution in [3.63, 3.8) is 0 Å². The molecule has 2 aromatic carbocycles. The Kier molecular flexibility index (Phi) is 3.56. The number of halogens is 2. The number of anilines is 1. The van der Waals surface area contributed by atoms with Crippen LogP contribution in [0.15, 0.2) is 42.5 Å². The lowest BCUT2D eigenvalue weighted by Gasteiger charge is -2.12. The molecular weight excluding hydrogens is 383 g/mol. The number of nitrogens with two attached hydrogens (primary N) is 1. The highest BCUT2D eigenvalue weighted by Gasteiger charge is 2.13. The third-order valence-electron chi connectivity index (χ3n) is 3.35. The van der Waals surface area contributed by atoms with Crippen LogP contribution in [-0.4, -0.2) is 4.98 Å². The summed E-state index contributed by atoms with van der Waals surface area (Å²) in [7, 11) is 0. The van der Waals surface area contributed by atoms with Gasteiger partial charge in [-0.1, -0.05) is 41.9 Å². The normalized spacial score (nSPS) is 10.9. The van der Waals surface area contributed by atoms with Crippen molar-refractivity contribution < 1.29 is 0 Å². The zero-order valence-corrected chi connectivity index (χ0v) is 13.7. The predicted molar refractivity (Wildman–Crippen MR) is 94.1 cm³/mol. The SMILES string of the molecule is Cc1c(-c2ccccc2)nc2c(Cl)cc(I)cc2c1N. The summed E-state index contributed by atoms with van der Waals surface area (Å²) < 4.78 is 1.06. The Morgan fingerprint density at radius 1 is 1.15 bits per heavy atom. The number of nitrogen functional groups attached to an aromatic ring is 1. The van der Waals surface area contributed by atoms with Crippen LogP contribution in [0.3, 0.4) is 0 Å². The summed E-state index contributed by atoms with van der Waals surface area (Å²) in [6, 6.07) is 14.0. The average molecular weight is 395 g/mol. The van der Waals surface area contributed by atoms with Crippen LogP contribution >= 0.6 is 34.2 Å². The molecular formula is C16H12ClIN2. The number of hydrogen-bond acceptors (Lipinski definition) is 2. The third kappa shape index (κ3) is 2.25. The van der Waals surface area contributed by atoms with Crippen LogP contribution in [-0.2, 0) is 0 Å². The van der Waals surface area contributed by atoms with Gasteiger partial charge in [-0.3, -0.25) is 0 Å². The second-order valence-electron chi connectivity index (χ2n) is 4.65. The van der Waals surface area contributed by atoms with Crippen LogP contribution in [0.2, 0.25) is 5.02 Å². The third-order valence-corrected chi connectivity index (χ3v) is 4.26. The van der Waals surface area contributed by atoms with Crippen molar-refractivity contribution in [2.75, 3.05) is 5.73 Å². The van der Waals surface area contributed by atoms with E-state index in [1.165, 1.54) is 0 Å². The Balaban J connectivity index is 2.39. The van der Waals surface area contributed by atoms with Crippen LogP contribution < -0.4 is 5.73 Å². The summed E-state index contributed by atoms with van der Waals surface area (Å²) in [4.78, 5) is 4.73. The maximum atomic E-state index is 6.32. The van der Waals surface area contributed by atoms with Gasteiger partial charge in [0.1, 0.15) is 0 Å². The second kappa shape index (κ2) is 5.22. The van der Waals surface area contributed by atoms with Gasteiger partial charge < -0.3 is 5.73 Å². The van der Waals surface area contributed by atoms with Crippen molar-refractivity contribution in [2.45, 2.75) is 6.92 Å². The lowest BCUT2D eigenvalue weighted by atomic mass is 10.0. The molecule has 4 heteroatoms. The molecule has 100 valence electrons. The van der Waals surface area contributed by atoms with Gasteiger partial charge in [0.25, 0.3) is 0 Å². The fourth-order valence-electron chi connectivity index (χ4n) is 2.29. The van der Waals surface area contributed by atoms with Gasteiger partial charge in [0, 0.05) is 20.2 Å². The Labute approximate surface area is 136 Å². The molecule has 0 radical (unpaired) electrons. The summed E-state index contributed by atoms with van der Waals surface area (Å²) in [5.74, 6) is 0. The monoisotopic (exact) mass is 394 g/mol. The largest absolute Gasteiger partial charge is 0.398 e. The Morgan fingerprint density at radius 2 is 1.85 bits per heavy atom. The summed E-state index contributed by atoms with van der Waals surface area (Å²) in [6.07, 6.45) is 0. The van der Waals surface area contributed by atoms with Crippen LogP contribution in [0.5, 0.6) is 0 Å². The van der Waals surface area contributed by atoms with Gasteiger partial charge in [-0.05, 0) is 47.2 Å². The van der Waals surface area contributed by atoms with E-state index in [4.69, 9.17) is 22.3 Å². The highest BCUT2D eigenvalue weighted by atomic mass is 127. The summed E-state index contributed by atoms with van der Waals surface area (Å²) in [5.41, 5.74) is 10.7. The van der Waals surface area contributed by atoms with Crippen molar-refractivity contribution >= 4 is 50.8 Å². The molecule has 0 saturated carbocycles. The smallest absolute Gasteiger partial charge is 0.0917 e. The molecule has 3 aromatic rings. The molecule has 0 aliphatic rings. The minimum atomic E-state index is 0.635. The van der Waals surface area contributed by atoms with Crippen molar-refractivity contribution in [1.82, 2.24) is 4.98 Å². The van der Waals surface area contributed by atoms with E-state index in [1.807, 2.05) is 49.4 Å². The van der Waals surface area contributed by atoms with E-state index >= 15 is 0 Å². The number of rotatable bonds is 1. The highest BCUT2D eigenvalue weighted by Crippen LogP contribution is 2.35. The van der Waals surface area contributed by atoms with Gasteiger partial charge in [0.05, 0.1) is 16.2 Å². The van der Waals surface area contributed by atoms with Crippen molar-refractivity contribution in [2.24, 2.45) is 0 Å². The molecule has 0 aliphatic carbocycles. The van der Waals surface area contributed by atoms with E-state index in [1.54, 1.807) is 0 Å². The van der Waals surface area contributed by atoms with E-state index in [2.05, 4.69) is 22.6 Å². The second-order valence-corrected chi connectivity index (χ2v) is 6.30. The standard InChI is InChI=1S/C16H12ClIN2/c1-9-14(19)12-7-11(18)8-13(17)16(12)20-15(9)10-5-3-2-4-6-10/h2-8H,1H3,(H2,19,20). The predicted octanol–water partition coefficient (Wildman–Crippen LogP) is 5.05. The first-order valence-corrected chi connectivity index (χ1v) is 7.64. The number of nitrogens with zero attached hydrogens (tertiary/aromatic N) is 1. The van der Waals surface area contributed by atoms with E-state index in [0.29, 0.717) is 5.02 Å². The van der Waals surface area contributed by atoms with Crippen molar-refractivity contribution in [3.8, 4) is 11.3 Å². The minimum Gasteiger partial charge on any atom is -0.398 e. The maximum Gasteiger partial charge on any atom is 0.0917 e. The van der Waals surface area contributed by atoms with Crippen LogP contribution in [0.4, 0.5) is 5.69 Å². The van der Waals surface area contributed by atoms with Gasteiger partial charge in [0.15, 0.2) is 0 Å². The van der Waals surface area contributed by atoms with Crippen molar-refractivity contribution in [1.29, 1.82) is 0 Å². The Bertz CT molecular complexity index is 801. The zero-order valence-electron chi connectivity index (χ0n) is 10.8. The van der Waals surface area contributed by atoms with Gasteiger partial charge in [-0.25, -0.2) is 4.98 Å². The number of hydrogen-bond donors (Lipinski definition) is 1. The molecule has 0 spiro atoms. The summed E-state index contributed by atoms with van der Waals surface area (Å²) >= 11 is 8.56. The molecule has 0 bridgehead atoms. The minimum absolute atomic E-state index is 0.635. The molecule has 0 fully saturated rings. The number of aromatic nitrogens is 1. The Morgan fingerprint density at radius 3 is 2.55 bits per heavy atom. The molecule has 0 aliphatic heterocycles. The molecule has 0 atom stereocenters. The molecule has 2 N–H and O–H groups in total. The van der Waals surface area contributed by atoms with Gasteiger partial charge in [-0.15, -0.1) is 0 Å². The molecule has 3 rings (SSSR count). The lowest BCUT2D eigenvalue weighted by Crippen LogP contribution is -1.99. The highest BCUT2D eigenvalue weighted by molar-refractivity contribution is 14.1. The zero-order chi connectivity index (χ0) is 14.3. The average Bonchev–Trinajstić information content (AvgIpc) is 2.44. The number of pyridine rings is 1. The fourth-order valence-corrected chi connectivity index (χ4v) is 3.36. The van der Waals surface area contributed by atoms with Crippen LogP contribution in [0.1, 0.15) is 5.56 Å². The molecule has 1 aromatic heterocycles. The molecule has 2 nitrogen and oxygen atoms in total. The number of fused-ring (bicyclic) bond motifs is 1. The quantitative estimate of drug-likeness (QED) is 0.587. The summed E-state index contributed by atoms with van der Waals surface area (Å²) in [6.45, 7) is 2.00. The number of benzene rings is 2. The van der Waals surface area contributed by atoms with Crippen molar-refractivity contribution in [3.05, 3.63) is 56.6 Å². The molecule has 20 heavy (non-hydrogen) atoms. The van der Waals surface area contributed by atoms with Gasteiger partial charge >= 0.3 is 0 Å². The summed E-state index contributed by atoms with van der Waals surface area (Å²) in [5, 5.41) is 1.55. The molecule has 0 amide bonds. The first kappa shape index (κ1) is 13.6. The molecule has 0 saturated heterocycles. The first-order valence-electron chi connectivity index (χ1n) is 6.18. The topological polar surface area (TPSA) is 38.9 Å². The van der Waals surface area contributed by atoms with Gasteiger partial charge in [-0.2, -0.15) is 0 Å².